The van der Waals surface area contributed by atoms with Crippen molar-refractivity contribution in [3.63, 3.8) is 0 Å². The fraction of sp³-hybridized carbons (Fsp3) is 0.333. The summed E-state index contributed by atoms with van der Waals surface area (Å²) in [6.07, 6.45) is 5.68. The second-order valence-electron chi connectivity index (χ2n) is 5.93. The van der Waals surface area contributed by atoms with Gasteiger partial charge >= 0.3 is 0 Å². The Hall–Kier alpha value is -2.56. The van der Waals surface area contributed by atoms with Crippen molar-refractivity contribution < 1.29 is 4.74 Å². The number of aromatic amines is 1. The summed E-state index contributed by atoms with van der Waals surface area (Å²) < 4.78 is 5.34. The van der Waals surface area contributed by atoms with Gasteiger partial charge in [-0.25, -0.2) is 4.98 Å². The molecule has 0 aliphatic carbocycles. The summed E-state index contributed by atoms with van der Waals surface area (Å²) in [4.78, 5) is 6.91. The van der Waals surface area contributed by atoms with Crippen LogP contribution in [0.3, 0.4) is 0 Å². The predicted molar refractivity (Wildman–Crippen MR) is 91.9 cm³/mol. The van der Waals surface area contributed by atoms with Crippen LogP contribution in [0.5, 0.6) is 5.75 Å². The highest BCUT2D eigenvalue weighted by atomic mass is 16.5. The number of fused-ring (bicyclic) bond motifs is 1. The maximum atomic E-state index is 5.34. The third kappa shape index (κ3) is 2.63. The zero-order valence-corrected chi connectivity index (χ0v) is 13.2. The number of hydrogen-bond acceptors (Lipinski definition) is 4. The van der Waals surface area contributed by atoms with E-state index in [-0.39, 0.29) is 0 Å². The highest BCUT2D eigenvalue weighted by Crippen LogP contribution is 2.31. The Morgan fingerprint density at radius 1 is 1.09 bits per heavy atom. The van der Waals surface area contributed by atoms with Gasteiger partial charge < -0.3 is 9.64 Å². The van der Waals surface area contributed by atoms with Gasteiger partial charge in [0.05, 0.1) is 12.6 Å². The van der Waals surface area contributed by atoms with Crippen molar-refractivity contribution in [1.82, 2.24) is 15.2 Å². The zero-order valence-electron chi connectivity index (χ0n) is 13.2. The van der Waals surface area contributed by atoms with Gasteiger partial charge in [-0.3, -0.25) is 5.10 Å². The van der Waals surface area contributed by atoms with E-state index in [2.05, 4.69) is 26.1 Å². The van der Waals surface area contributed by atoms with Crippen molar-refractivity contribution in [2.75, 3.05) is 25.1 Å². The number of nitrogens with zero attached hydrogens (tertiary/aromatic N) is 3. The van der Waals surface area contributed by atoms with Crippen LogP contribution in [0, 0.1) is 0 Å². The van der Waals surface area contributed by atoms with Crippen molar-refractivity contribution in [2.24, 2.45) is 0 Å². The quantitative estimate of drug-likeness (QED) is 0.803. The second-order valence-corrected chi connectivity index (χ2v) is 5.93. The first-order valence-electron chi connectivity index (χ1n) is 8.08. The van der Waals surface area contributed by atoms with Gasteiger partial charge in [0.25, 0.3) is 0 Å². The maximum Gasteiger partial charge on any atom is 0.129 e. The molecule has 0 amide bonds. The number of anilines is 1. The molecular formula is C18H20N4O. The minimum Gasteiger partial charge on any atom is -0.497 e. The molecule has 0 atom stereocenters. The van der Waals surface area contributed by atoms with E-state index < -0.39 is 0 Å². The average Bonchev–Trinajstić information content (AvgIpc) is 3.05. The van der Waals surface area contributed by atoms with Crippen LogP contribution in [0.2, 0.25) is 0 Å². The maximum absolute atomic E-state index is 5.34. The number of aromatic nitrogens is 3. The van der Waals surface area contributed by atoms with Crippen molar-refractivity contribution >= 4 is 16.7 Å². The Kier molecular flexibility index (Phi) is 3.61. The lowest BCUT2D eigenvalue weighted by molar-refractivity contribution is 0.415. The molecule has 2 aromatic heterocycles. The van der Waals surface area contributed by atoms with Crippen molar-refractivity contribution in [2.45, 2.75) is 19.3 Å². The van der Waals surface area contributed by atoms with E-state index in [4.69, 9.17) is 4.74 Å². The third-order valence-electron chi connectivity index (χ3n) is 4.47. The third-order valence-corrected chi connectivity index (χ3v) is 4.47. The molecular weight excluding hydrogens is 288 g/mol. The summed E-state index contributed by atoms with van der Waals surface area (Å²) >= 11 is 0. The first kappa shape index (κ1) is 14.1. The van der Waals surface area contributed by atoms with Gasteiger partial charge in [-0.05, 0) is 49.6 Å². The van der Waals surface area contributed by atoms with Gasteiger partial charge in [-0.2, -0.15) is 5.10 Å². The van der Waals surface area contributed by atoms with Crippen molar-refractivity contribution in [1.29, 1.82) is 0 Å². The van der Waals surface area contributed by atoms with Crippen molar-refractivity contribution in [3.8, 4) is 17.0 Å². The Morgan fingerprint density at radius 3 is 2.78 bits per heavy atom. The zero-order chi connectivity index (χ0) is 15.6. The summed E-state index contributed by atoms with van der Waals surface area (Å²) in [6, 6.07) is 10.1. The Morgan fingerprint density at radius 2 is 1.96 bits per heavy atom. The van der Waals surface area contributed by atoms with E-state index >= 15 is 0 Å². The smallest absolute Gasteiger partial charge is 0.129 e. The number of ether oxygens (including phenoxy) is 1. The van der Waals surface area contributed by atoms with E-state index in [0.717, 1.165) is 46.8 Å². The molecule has 1 aliphatic rings. The van der Waals surface area contributed by atoms with Gasteiger partial charge in [-0.1, -0.05) is 0 Å². The summed E-state index contributed by atoms with van der Waals surface area (Å²) in [7, 11) is 1.68. The van der Waals surface area contributed by atoms with Gasteiger partial charge in [0.1, 0.15) is 17.3 Å². The largest absolute Gasteiger partial charge is 0.497 e. The number of piperidine rings is 1. The molecule has 1 N–H and O–H groups in total. The van der Waals surface area contributed by atoms with Crippen LogP contribution >= 0.6 is 0 Å². The van der Waals surface area contributed by atoms with E-state index in [9.17, 15) is 0 Å². The average molecular weight is 308 g/mol. The van der Waals surface area contributed by atoms with Crippen molar-refractivity contribution in [3.05, 3.63) is 36.5 Å². The molecule has 23 heavy (non-hydrogen) atoms. The lowest BCUT2D eigenvalue weighted by Gasteiger charge is -2.27. The molecule has 1 aromatic carbocycles. The summed E-state index contributed by atoms with van der Waals surface area (Å²) in [5, 5.41) is 8.67. The predicted octanol–water partition coefficient (Wildman–Crippen LogP) is 3.62. The summed E-state index contributed by atoms with van der Waals surface area (Å²) in [5.41, 5.74) is 3.04. The first-order valence-corrected chi connectivity index (χ1v) is 8.08. The molecule has 5 heteroatoms. The summed E-state index contributed by atoms with van der Waals surface area (Å²) in [5.74, 6) is 1.88. The molecule has 0 radical (unpaired) electrons. The SMILES string of the molecule is COc1ccc2[nH]nc(-c3ccnc(N4CCCCC4)c3)c2c1. The van der Waals surface area contributed by atoms with Gasteiger partial charge in [0.2, 0.25) is 0 Å². The van der Waals surface area contributed by atoms with E-state index in [0.29, 0.717) is 0 Å². The molecule has 3 aromatic rings. The minimum absolute atomic E-state index is 0.838. The van der Waals surface area contributed by atoms with Crippen LogP contribution in [0.25, 0.3) is 22.2 Å². The minimum atomic E-state index is 0.838. The van der Waals surface area contributed by atoms with Crippen LogP contribution in [0.15, 0.2) is 36.5 Å². The normalized spacial score (nSPS) is 15.1. The fourth-order valence-electron chi connectivity index (χ4n) is 3.20. The molecule has 0 unspecified atom stereocenters. The molecule has 0 bridgehead atoms. The number of H-pyrrole nitrogens is 1. The number of nitrogens with one attached hydrogen (secondary N) is 1. The molecule has 118 valence electrons. The number of rotatable bonds is 3. The summed E-state index contributed by atoms with van der Waals surface area (Å²) in [6.45, 7) is 2.18. The molecule has 4 rings (SSSR count). The number of pyridine rings is 1. The number of hydrogen-bond donors (Lipinski definition) is 1. The molecule has 3 heterocycles. The van der Waals surface area contributed by atoms with Crippen LogP contribution < -0.4 is 9.64 Å². The Labute approximate surface area is 135 Å². The monoisotopic (exact) mass is 308 g/mol. The standard InChI is InChI=1S/C18H20N4O/c1-23-14-5-6-16-15(12-14)18(21-20-16)13-7-8-19-17(11-13)22-9-3-2-4-10-22/h5-8,11-12H,2-4,9-10H2,1H3,(H,20,21). The molecule has 5 nitrogen and oxygen atoms in total. The topological polar surface area (TPSA) is 54.0 Å². The number of benzene rings is 1. The Bertz CT molecular complexity index is 821. The first-order chi connectivity index (χ1) is 11.3. The van der Waals surface area contributed by atoms with Gasteiger partial charge in [-0.15, -0.1) is 0 Å². The van der Waals surface area contributed by atoms with Gasteiger partial charge in [0.15, 0.2) is 0 Å². The fourth-order valence-corrected chi connectivity index (χ4v) is 3.20. The molecule has 0 saturated carbocycles. The highest BCUT2D eigenvalue weighted by Gasteiger charge is 2.15. The van der Waals surface area contributed by atoms with E-state index in [1.54, 1.807) is 7.11 Å². The van der Waals surface area contributed by atoms with Crippen LogP contribution in [0.1, 0.15) is 19.3 Å². The Balaban J connectivity index is 1.75. The van der Waals surface area contributed by atoms with Gasteiger partial charge in [0, 0.05) is 30.2 Å². The van der Waals surface area contributed by atoms with Crippen LogP contribution in [-0.4, -0.2) is 35.4 Å². The van der Waals surface area contributed by atoms with E-state index in [1.807, 2.05) is 30.5 Å². The van der Waals surface area contributed by atoms with E-state index in [1.165, 1.54) is 19.3 Å². The number of methoxy groups -OCH3 is 1. The second kappa shape index (κ2) is 5.91. The lowest BCUT2D eigenvalue weighted by atomic mass is 10.1. The van der Waals surface area contributed by atoms with Crippen LogP contribution in [0.4, 0.5) is 5.82 Å². The molecule has 1 saturated heterocycles. The molecule has 1 aliphatic heterocycles. The highest BCUT2D eigenvalue weighted by molar-refractivity contribution is 5.94. The molecule has 1 fully saturated rings. The lowest BCUT2D eigenvalue weighted by Crippen LogP contribution is -2.30. The molecule has 0 spiro atoms. The van der Waals surface area contributed by atoms with Crippen LogP contribution in [-0.2, 0) is 0 Å².